The molecule has 2 rings (SSSR count). The van der Waals surface area contributed by atoms with Crippen molar-refractivity contribution in [1.29, 1.82) is 0 Å². The zero-order chi connectivity index (χ0) is 15.2. The van der Waals surface area contributed by atoms with E-state index in [0.29, 0.717) is 28.8 Å². The Balaban J connectivity index is 2.09. The second-order valence-electron chi connectivity index (χ2n) is 6.26. The van der Waals surface area contributed by atoms with Crippen LogP contribution in [0.1, 0.15) is 52.9 Å². The molecule has 4 nitrogen and oxygen atoms in total. The summed E-state index contributed by atoms with van der Waals surface area (Å²) in [5.74, 6) is 2.79. The van der Waals surface area contributed by atoms with E-state index in [9.17, 15) is 0 Å². The zero-order valence-electron chi connectivity index (χ0n) is 13.3. The summed E-state index contributed by atoms with van der Waals surface area (Å²) in [5, 5.41) is 7.39. The fourth-order valence-corrected chi connectivity index (χ4v) is 3.25. The Hall–Kier alpha value is -1.03. The standard InChI is InChI=1S/C16H27ClN4/c1-4-9-18-16-19-10-13(17)15(21-16)20-14-8-6-5-7-12(14)11(2)3/h10-12,14H,4-9H2,1-3H3,(H2,18,19,20,21). The van der Waals surface area contributed by atoms with Crippen molar-refractivity contribution in [3.63, 3.8) is 0 Å². The molecule has 0 bridgehead atoms. The molecule has 2 unspecified atom stereocenters. The van der Waals surface area contributed by atoms with Crippen LogP contribution in [-0.4, -0.2) is 22.6 Å². The van der Waals surface area contributed by atoms with E-state index in [-0.39, 0.29) is 0 Å². The van der Waals surface area contributed by atoms with Gasteiger partial charge in [-0.2, -0.15) is 4.98 Å². The van der Waals surface area contributed by atoms with E-state index in [4.69, 9.17) is 11.6 Å². The summed E-state index contributed by atoms with van der Waals surface area (Å²) in [7, 11) is 0. The predicted molar refractivity (Wildman–Crippen MR) is 90.0 cm³/mol. The normalized spacial score (nSPS) is 22.3. The second kappa shape index (κ2) is 7.83. The lowest BCUT2D eigenvalue weighted by Gasteiger charge is -2.35. The van der Waals surface area contributed by atoms with Crippen molar-refractivity contribution in [1.82, 2.24) is 9.97 Å². The average Bonchev–Trinajstić information content (AvgIpc) is 2.48. The smallest absolute Gasteiger partial charge is 0.224 e. The molecular formula is C16H27ClN4. The highest BCUT2D eigenvalue weighted by Gasteiger charge is 2.28. The Labute approximate surface area is 133 Å². The second-order valence-corrected chi connectivity index (χ2v) is 6.67. The van der Waals surface area contributed by atoms with E-state index in [0.717, 1.165) is 18.8 Å². The summed E-state index contributed by atoms with van der Waals surface area (Å²) in [6, 6.07) is 0.463. The molecular weight excluding hydrogens is 284 g/mol. The minimum absolute atomic E-state index is 0.463. The molecule has 1 aliphatic carbocycles. The monoisotopic (exact) mass is 310 g/mol. The van der Waals surface area contributed by atoms with Gasteiger partial charge < -0.3 is 10.6 Å². The van der Waals surface area contributed by atoms with Crippen LogP contribution in [0, 0.1) is 11.8 Å². The highest BCUT2D eigenvalue weighted by atomic mass is 35.5. The van der Waals surface area contributed by atoms with Crippen LogP contribution in [0.15, 0.2) is 6.20 Å². The molecule has 0 amide bonds. The van der Waals surface area contributed by atoms with Crippen LogP contribution >= 0.6 is 11.6 Å². The molecule has 2 atom stereocenters. The van der Waals surface area contributed by atoms with E-state index in [1.807, 2.05) is 0 Å². The van der Waals surface area contributed by atoms with Crippen molar-refractivity contribution in [2.45, 2.75) is 58.9 Å². The molecule has 1 heterocycles. The number of nitrogens with one attached hydrogen (secondary N) is 2. The number of anilines is 2. The van der Waals surface area contributed by atoms with Crippen molar-refractivity contribution >= 4 is 23.4 Å². The average molecular weight is 311 g/mol. The third-order valence-corrected chi connectivity index (χ3v) is 4.55. The van der Waals surface area contributed by atoms with Crippen molar-refractivity contribution in [3.05, 3.63) is 11.2 Å². The Morgan fingerprint density at radius 1 is 1.33 bits per heavy atom. The summed E-state index contributed by atoms with van der Waals surface area (Å²) in [5.41, 5.74) is 0. The van der Waals surface area contributed by atoms with Crippen LogP contribution in [-0.2, 0) is 0 Å². The molecule has 1 aromatic rings. The minimum atomic E-state index is 0.463. The zero-order valence-corrected chi connectivity index (χ0v) is 14.1. The summed E-state index contributed by atoms with van der Waals surface area (Å²) in [6.07, 6.45) is 7.83. The quantitative estimate of drug-likeness (QED) is 0.807. The summed E-state index contributed by atoms with van der Waals surface area (Å²) in [4.78, 5) is 8.76. The van der Waals surface area contributed by atoms with Crippen molar-refractivity contribution in [2.24, 2.45) is 11.8 Å². The van der Waals surface area contributed by atoms with Gasteiger partial charge in [0.05, 0.1) is 6.20 Å². The van der Waals surface area contributed by atoms with Crippen molar-refractivity contribution in [3.8, 4) is 0 Å². The van der Waals surface area contributed by atoms with Crippen LogP contribution in [0.3, 0.4) is 0 Å². The van der Waals surface area contributed by atoms with E-state index in [2.05, 4.69) is 41.4 Å². The Morgan fingerprint density at radius 2 is 2.10 bits per heavy atom. The number of hydrogen-bond donors (Lipinski definition) is 2. The molecule has 2 N–H and O–H groups in total. The Kier molecular flexibility index (Phi) is 6.09. The molecule has 1 saturated carbocycles. The van der Waals surface area contributed by atoms with E-state index in [1.165, 1.54) is 25.7 Å². The van der Waals surface area contributed by atoms with Gasteiger partial charge in [0.2, 0.25) is 5.95 Å². The van der Waals surface area contributed by atoms with Crippen molar-refractivity contribution < 1.29 is 0 Å². The Morgan fingerprint density at radius 3 is 2.81 bits per heavy atom. The largest absolute Gasteiger partial charge is 0.366 e. The maximum Gasteiger partial charge on any atom is 0.224 e. The number of rotatable bonds is 6. The fourth-order valence-electron chi connectivity index (χ4n) is 3.10. The van der Waals surface area contributed by atoms with Gasteiger partial charge in [0.25, 0.3) is 0 Å². The molecule has 0 saturated heterocycles. The molecule has 118 valence electrons. The fraction of sp³-hybridized carbons (Fsp3) is 0.750. The Bertz CT molecular complexity index is 450. The van der Waals surface area contributed by atoms with E-state index >= 15 is 0 Å². The number of halogens is 1. The van der Waals surface area contributed by atoms with Gasteiger partial charge >= 0.3 is 0 Å². The van der Waals surface area contributed by atoms with Crippen LogP contribution in [0.4, 0.5) is 11.8 Å². The highest BCUT2D eigenvalue weighted by molar-refractivity contribution is 6.32. The molecule has 1 fully saturated rings. The number of nitrogens with zero attached hydrogens (tertiary/aromatic N) is 2. The first-order valence-electron chi connectivity index (χ1n) is 8.14. The third-order valence-electron chi connectivity index (χ3n) is 4.28. The molecule has 5 heteroatoms. The lowest BCUT2D eigenvalue weighted by molar-refractivity contribution is 0.253. The van der Waals surface area contributed by atoms with Gasteiger partial charge in [-0.1, -0.05) is 45.2 Å². The van der Waals surface area contributed by atoms with Crippen molar-refractivity contribution in [2.75, 3.05) is 17.2 Å². The van der Waals surface area contributed by atoms with E-state index < -0.39 is 0 Å². The predicted octanol–water partition coefficient (Wildman–Crippen LogP) is 4.58. The lowest BCUT2D eigenvalue weighted by Crippen LogP contribution is -2.35. The first-order valence-corrected chi connectivity index (χ1v) is 8.52. The summed E-state index contributed by atoms with van der Waals surface area (Å²) < 4.78 is 0. The van der Waals surface area contributed by atoms with Gasteiger partial charge in [-0.15, -0.1) is 0 Å². The topological polar surface area (TPSA) is 49.8 Å². The molecule has 0 aliphatic heterocycles. The first-order chi connectivity index (χ1) is 10.1. The third kappa shape index (κ3) is 4.47. The van der Waals surface area contributed by atoms with Gasteiger partial charge in [-0.25, -0.2) is 4.98 Å². The highest BCUT2D eigenvalue weighted by Crippen LogP contribution is 2.33. The van der Waals surface area contributed by atoms with Crippen LogP contribution in [0.5, 0.6) is 0 Å². The first kappa shape index (κ1) is 16.3. The molecule has 0 spiro atoms. The van der Waals surface area contributed by atoms with Crippen LogP contribution in [0.2, 0.25) is 5.02 Å². The lowest BCUT2D eigenvalue weighted by atomic mass is 9.78. The van der Waals surface area contributed by atoms with Gasteiger partial charge in [0, 0.05) is 12.6 Å². The maximum atomic E-state index is 6.26. The number of hydrogen-bond acceptors (Lipinski definition) is 4. The maximum absolute atomic E-state index is 6.26. The van der Waals surface area contributed by atoms with Gasteiger partial charge in [0.15, 0.2) is 5.82 Å². The van der Waals surface area contributed by atoms with Crippen LogP contribution in [0.25, 0.3) is 0 Å². The molecule has 1 aliphatic rings. The molecule has 0 aromatic carbocycles. The summed E-state index contributed by atoms with van der Waals surface area (Å²) >= 11 is 6.26. The van der Waals surface area contributed by atoms with Gasteiger partial charge in [-0.05, 0) is 31.1 Å². The van der Waals surface area contributed by atoms with Crippen LogP contribution < -0.4 is 10.6 Å². The molecule has 0 radical (unpaired) electrons. The molecule has 21 heavy (non-hydrogen) atoms. The molecule has 1 aromatic heterocycles. The van der Waals surface area contributed by atoms with E-state index in [1.54, 1.807) is 6.20 Å². The SMILES string of the molecule is CCCNc1ncc(Cl)c(NC2CCCCC2C(C)C)n1. The van der Waals surface area contributed by atoms with Gasteiger partial charge in [-0.3, -0.25) is 0 Å². The summed E-state index contributed by atoms with van der Waals surface area (Å²) in [6.45, 7) is 7.61. The number of aromatic nitrogens is 2. The van der Waals surface area contributed by atoms with Gasteiger partial charge in [0.1, 0.15) is 5.02 Å². The minimum Gasteiger partial charge on any atom is -0.366 e.